The van der Waals surface area contributed by atoms with Crippen molar-refractivity contribution in [3.8, 4) is 0 Å². The van der Waals surface area contributed by atoms with Crippen molar-refractivity contribution in [1.82, 2.24) is 9.71 Å². The standard InChI is InChI=1S/C6H8N2O3S/c9-12(10,11)8-5-6-2-1-3-7-4-6/h1-4,8H,5H2,(H,9,10,11). The van der Waals surface area contributed by atoms with E-state index in [4.69, 9.17) is 4.55 Å². The van der Waals surface area contributed by atoms with E-state index >= 15 is 0 Å². The van der Waals surface area contributed by atoms with Gasteiger partial charge in [0.05, 0.1) is 0 Å². The molecule has 12 heavy (non-hydrogen) atoms. The lowest BCUT2D eigenvalue weighted by Gasteiger charge is -1.99. The van der Waals surface area contributed by atoms with E-state index in [0.717, 1.165) is 0 Å². The van der Waals surface area contributed by atoms with E-state index in [0.29, 0.717) is 5.56 Å². The molecule has 0 amide bonds. The summed E-state index contributed by atoms with van der Waals surface area (Å²) in [6.45, 7) is 0.0483. The van der Waals surface area contributed by atoms with Gasteiger partial charge >= 0.3 is 10.3 Å². The first-order valence-corrected chi connectivity index (χ1v) is 4.63. The Morgan fingerprint density at radius 2 is 2.33 bits per heavy atom. The molecule has 0 aliphatic rings. The molecule has 1 heterocycles. The Morgan fingerprint density at radius 1 is 1.58 bits per heavy atom. The second-order valence-electron chi connectivity index (χ2n) is 2.16. The molecule has 0 spiro atoms. The van der Waals surface area contributed by atoms with Crippen molar-refractivity contribution in [2.45, 2.75) is 6.54 Å². The summed E-state index contributed by atoms with van der Waals surface area (Å²) in [6.07, 6.45) is 3.09. The van der Waals surface area contributed by atoms with Crippen molar-refractivity contribution >= 4 is 10.3 Å². The topological polar surface area (TPSA) is 79.3 Å². The smallest absolute Gasteiger partial charge is 0.273 e. The minimum atomic E-state index is -4.10. The van der Waals surface area contributed by atoms with Crippen LogP contribution in [0.3, 0.4) is 0 Å². The van der Waals surface area contributed by atoms with Crippen LogP contribution in [0.4, 0.5) is 0 Å². The van der Waals surface area contributed by atoms with E-state index in [2.05, 4.69) is 4.98 Å². The fourth-order valence-corrected chi connectivity index (χ4v) is 1.03. The van der Waals surface area contributed by atoms with Crippen LogP contribution >= 0.6 is 0 Å². The van der Waals surface area contributed by atoms with Gasteiger partial charge < -0.3 is 0 Å². The number of nitrogens with one attached hydrogen (secondary N) is 1. The fourth-order valence-electron chi connectivity index (χ4n) is 0.677. The van der Waals surface area contributed by atoms with Crippen molar-refractivity contribution in [3.05, 3.63) is 30.1 Å². The van der Waals surface area contributed by atoms with E-state index in [1.165, 1.54) is 6.20 Å². The Bertz CT molecular complexity index is 335. The Hall–Kier alpha value is -0.980. The zero-order valence-corrected chi connectivity index (χ0v) is 6.95. The minimum Gasteiger partial charge on any atom is -0.273 e. The predicted octanol–water partition coefficient (Wildman–Crippen LogP) is -0.0260. The zero-order chi connectivity index (χ0) is 9.03. The third kappa shape index (κ3) is 3.42. The number of hydrogen-bond acceptors (Lipinski definition) is 3. The third-order valence-electron chi connectivity index (χ3n) is 1.18. The summed E-state index contributed by atoms with van der Waals surface area (Å²) in [5.74, 6) is 0. The molecule has 6 heteroatoms. The first kappa shape index (κ1) is 9.11. The van der Waals surface area contributed by atoms with Crippen LogP contribution < -0.4 is 4.72 Å². The first-order valence-electron chi connectivity index (χ1n) is 3.19. The number of hydrogen-bond donors (Lipinski definition) is 2. The minimum absolute atomic E-state index is 0.0483. The molecule has 0 bridgehead atoms. The van der Waals surface area contributed by atoms with Crippen LogP contribution in [0.15, 0.2) is 24.5 Å². The molecule has 0 radical (unpaired) electrons. The van der Waals surface area contributed by atoms with E-state index in [1.54, 1.807) is 18.3 Å². The molecule has 1 rings (SSSR count). The van der Waals surface area contributed by atoms with Gasteiger partial charge in [0.15, 0.2) is 0 Å². The van der Waals surface area contributed by atoms with Crippen molar-refractivity contribution in [2.75, 3.05) is 0 Å². The Kier molecular flexibility index (Phi) is 2.74. The summed E-state index contributed by atoms with van der Waals surface area (Å²) < 4.78 is 30.7. The van der Waals surface area contributed by atoms with Gasteiger partial charge in [-0.25, -0.2) is 0 Å². The van der Waals surface area contributed by atoms with E-state index in [9.17, 15) is 8.42 Å². The molecule has 0 aliphatic heterocycles. The molecule has 2 N–H and O–H groups in total. The van der Waals surface area contributed by atoms with Gasteiger partial charge in [-0.2, -0.15) is 13.1 Å². The van der Waals surface area contributed by atoms with Gasteiger partial charge in [-0.15, -0.1) is 0 Å². The molecule has 0 aromatic carbocycles. The lowest BCUT2D eigenvalue weighted by molar-refractivity contribution is 0.467. The molecular weight excluding hydrogens is 180 g/mol. The molecule has 0 saturated heterocycles. The van der Waals surface area contributed by atoms with Gasteiger partial charge in [0.1, 0.15) is 0 Å². The second kappa shape index (κ2) is 3.61. The molecule has 0 atom stereocenters. The molecule has 66 valence electrons. The van der Waals surface area contributed by atoms with Crippen LogP contribution in [0.25, 0.3) is 0 Å². The first-order chi connectivity index (χ1) is 5.58. The van der Waals surface area contributed by atoms with Crippen LogP contribution in [-0.2, 0) is 16.8 Å². The molecule has 5 nitrogen and oxygen atoms in total. The fraction of sp³-hybridized carbons (Fsp3) is 0.167. The Morgan fingerprint density at radius 3 is 2.83 bits per heavy atom. The summed E-state index contributed by atoms with van der Waals surface area (Å²) in [5, 5.41) is 0. The molecular formula is C6H8N2O3S. The van der Waals surface area contributed by atoms with Gasteiger partial charge in [0.2, 0.25) is 0 Å². The maximum Gasteiger partial charge on any atom is 0.333 e. The summed E-state index contributed by atoms with van der Waals surface area (Å²) in [7, 11) is -4.10. The van der Waals surface area contributed by atoms with Crippen molar-refractivity contribution in [3.63, 3.8) is 0 Å². The third-order valence-corrected chi connectivity index (χ3v) is 1.69. The normalized spacial score (nSPS) is 11.4. The highest BCUT2D eigenvalue weighted by Crippen LogP contribution is 1.94. The Labute approximate surface area is 70.3 Å². The molecule has 0 saturated carbocycles. The molecule has 1 aromatic rings. The number of rotatable bonds is 3. The highest BCUT2D eigenvalue weighted by atomic mass is 32.2. The van der Waals surface area contributed by atoms with Gasteiger partial charge in [0, 0.05) is 18.9 Å². The van der Waals surface area contributed by atoms with Crippen molar-refractivity contribution < 1.29 is 13.0 Å². The van der Waals surface area contributed by atoms with E-state index in [1.807, 2.05) is 4.72 Å². The summed E-state index contributed by atoms with van der Waals surface area (Å²) >= 11 is 0. The van der Waals surface area contributed by atoms with Crippen LogP contribution in [-0.4, -0.2) is 18.0 Å². The molecule has 0 fully saturated rings. The van der Waals surface area contributed by atoms with Crippen LogP contribution in [0.5, 0.6) is 0 Å². The number of nitrogens with zero attached hydrogens (tertiary/aromatic N) is 1. The summed E-state index contributed by atoms with van der Waals surface area (Å²) in [5.41, 5.74) is 0.690. The van der Waals surface area contributed by atoms with E-state index < -0.39 is 10.3 Å². The molecule has 0 aliphatic carbocycles. The highest BCUT2D eigenvalue weighted by molar-refractivity contribution is 7.83. The second-order valence-corrected chi connectivity index (χ2v) is 3.40. The lowest BCUT2D eigenvalue weighted by Crippen LogP contribution is -2.21. The number of pyridine rings is 1. The predicted molar refractivity (Wildman–Crippen MR) is 42.6 cm³/mol. The maximum absolute atomic E-state index is 10.2. The largest absolute Gasteiger partial charge is 0.333 e. The average Bonchev–Trinajstić information content (AvgIpc) is 2.02. The highest BCUT2D eigenvalue weighted by Gasteiger charge is 2.01. The zero-order valence-electron chi connectivity index (χ0n) is 6.14. The van der Waals surface area contributed by atoms with Gasteiger partial charge in [0.25, 0.3) is 0 Å². The summed E-state index contributed by atoms with van der Waals surface area (Å²) in [6, 6.07) is 3.38. The van der Waals surface area contributed by atoms with Crippen LogP contribution in [0.2, 0.25) is 0 Å². The maximum atomic E-state index is 10.2. The van der Waals surface area contributed by atoms with Crippen molar-refractivity contribution in [2.24, 2.45) is 0 Å². The van der Waals surface area contributed by atoms with Crippen LogP contribution in [0.1, 0.15) is 5.56 Å². The quantitative estimate of drug-likeness (QED) is 0.653. The average molecular weight is 188 g/mol. The monoisotopic (exact) mass is 188 g/mol. The molecule has 0 unspecified atom stereocenters. The number of aromatic nitrogens is 1. The van der Waals surface area contributed by atoms with Gasteiger partial charge in [-0.1, -0.05) is 6.07 Å². The van der Waals surface area contributed by atoms with Gasteiger partial charge in [-0.3, -0.25) is 9.54 Å². The summed E-state index contributed by atoms with van der Waals surface area (Å²) in [4.78, 5) is 3.77. The van der Waals surface area contributed by atoms with Gasteiger partial charge in [-0.05, 0) is 11.6 Å². The van der Waals surface area contributed by atoms with E-state index in [-0.39, 0.29) is 6.54 Å². The molecule has 1 aromatic heterocycles. The SMILES string of the molecule is O=S(=O)(O)NCc1cccnc1. The van der Waals surface area contributed by atoms with Crippen molar-refractivity contribution in [1.29, 1.82) is 0 Å². The van der Waals surface area contributed by atoms with Crippen LogP contribution in [0, 0.1) is 0 Å². The lowest BCUT2D eigenvalue weighted by atomic mass is 10.3. The Balaban J connectivity index is 2.56.